The van der Waals surface area contributed by atoms with Gasteiger partial charge in [-0.15, -0.1) is 11.3 Å². The monoisotopic (exact) mass is 403 g/mol. The number of nitrogens with one attached hydrogen (secondary N) is 1. The average molecular weight is 403 g/mol. The second-order valence-corrected chi connectivity index (χ2v) is 7.96. The highest BCUT2D eigenvalue weighted by atomic mass is 32.2. The van der Waals surface area contributed by atoms with E-state index in [0.717, 1.165) is 4.88 Å². The number of nitriles is 1. The predicted octanol–water partition coefficient (Wildman–Crippen LogP) is 2.30. The van der Waals surface area contributed by atoms with Crippen LogP contribution >= 0.6 is 11.3 Å². The molecule has 0 aliphatic heterocycles. The molecule has 1 aromatic carbocycles. The fourth-order valence-corrected chi connectivity index (χ4v) is 3.66. The number of benzene rings is 1. The van der Waals surface area contributed by atoms with Gasteiger partial charge >= 0.3 is 5.97 Å². The highest BCUT2D eigenvalue weighted by molar-refractivity contribution is 7.89. The number of hydrogen-bond donors (Lipinski definition) is 1. The number of thiophene rings is 1. The van der Waals surface area contributed by atoms with Crippen LogP contribution < -0.4 is 4.72 Å². The van der Waals surface area contributed by atoms with Crippen LogP contribution in [0.5, 0.6) is 0 Å². The Kier molecular flexibility index (Phi) is 5.66. The van der Waals surface area contributed by atoms with E-state index in [9.17, 15) is 13.2 Å². The van der Waals surface area contributed by atoms with Gasteiger partial charge in [0.2, 0.25) is 15.9 Å². The summed E-state index contributed by atoms with van der Waals surface area (Å²) in [6.07, 6.45) is 1.38. The van der Waals surface area contributed by atoms with Gasteiger partial charge < -0.3 is 9.15 Å². The van der Waals surface area contributed by atoms with Crippen molar-refractivity contribution in [3.05, 3.63) is 59.3 Å². The summed E-state index contributed by atoms with van der Waals surface area (Å²) in [6.45, 7) is -0.662. The largest absolute Gasteiger partial charge is 0.458 e. The van der Waals surface area contributed by atoms with Crippen molar-refractivity contribution in [3.8, 4) is 16.8 Å². The standard InChI is InChI=1S/C17H13N3O5S2/c18-8-12-3-5-14(6-4-12)27(22,23)19-9-16(21)24-10-13-11-25-17(20-13)15-2-1-7-26-15/h1-7,11,19H,9-10H2. The van der Waals surface area contributed by atoms with Gasteiger partial charge in [0.05, 0.1) is 21.4 Å². The van der Waals surface area contributed by atoms with Gasteiger partial charge in [-0.2, -0.15) is 9.98 Å². The van der Waals surface area contributed by atoms with E-state index in [2.05, 4.69) is 9.71 Å². The molecule has 3 rings (SSSR count). The average Bonchev–Trinajstić information content (AvgIpc) is 3.36. The van der Waals surface area contributed by atoms with Gasteiger partial charge in [-0.05, 0) is 35.7 Å². The van der Waals surface area contributed by atoms with Crippen molar-refractivity contribution in [1.82, 2.24) is 9.71 Å². The third-order valence-corrected chi connectivity index (χ3v) is 5.64. The topological polar surface area (TPSA) is 122 Å². The third-order valence-electron chi connectivity index (χ3n) is 3.36. The molecule has 2 aromatic heterocycles. The van der Waals surface area contributed by atoms with E-state index < -0.39 is 22.5 Å². The van der Waals surface area contributed by atoms with Crippen molar-refractivity contribution in [2.24, 2.45) is 0 Å². The van der Waals surface area contributed by atoms with Crippen LogP contribution in [0.4, 0.5) is 0 Å². The Bertz CT molecular complexity index is 1060. The molecule has 8 nitrogen and oxygen atoms in total. The summed E-state index contributed by atoms with van der Waals surface area (Å²) in [6, 6.07) is 10.9. The van der Waals surface area contributed by atoms with Crippen molar-refractivity contribution < 1.29 is 22.4 Å². The minimum absolute atomic E-state index is 0.0496. The Morgan fingerprint density at radius 2 is 2.07 bits per heavy atom. The summed E-state index contributed by atoms with van der Waals surface area (Å²) in [5, 5.41) is 10.6. The molecule has 0 radical (unpaired) electrons. The molecular weight excluding hydrogens is 390 g/mol. The Morgan fingerprint density at radius 1 is 1.30 bits per heavy atom. The lowest BCUT2D eigenvalue weighted by molar-refractivity contribution is -0.143. The zero-order chi connectivity index (χ0) is 19.3. The fraction of sp³-hybridized carbons (Fsp3) is 0.118. The number of ether oxygens (including phenoxy) is 1. The Hall–Kier alpha value is -3.00. The van der Waals surface area contributed by atoms with E-state index >= 15 is 0 Å². The van der Waals surface area contributed by atoms with E-state index in [-0.39, 0.29) is 11.5 Å². The molecule has 0 fully saturated rings. The summed E-state index contributed by atoms with van der Waals surface area (Å²) in [5.41, 5.74) is 0.754. The Balaban J connectivity index is 1.51. The van der Waals surface area contributed by atoms with Crippen molar-refractivity contribution in [2.75, 3.05) is 6.54 Å². The maximum atomic E-state index is 12.1. The van der Waals surface area contributed by atoms with Crippen LogP contribution in [-0.2, 0) is 26.2 Å². The summed E-state index contributed by atoms with van der Waals surface area (Å²) in [7, 11) is -3.88. The molecule has 0 aliphatic rings. The molecule has 1 N–H and O–H groups in total. The number of carbonyl (C=O) groups is 1. The quantitative estimate of drug-likeness (QED) is 0.601. The van der Waals surface area contributed by atoms with Crippen LogP contribution in [0.25, 0.3) is 10.8 Å². The molecule has 2 heterocycles. The minimum Gasteiger partial charge on any atom is -0.458 e. The van der Waals surface area contributed by atoms with Gasteiger partial charge in [-0.1, -0.05) is 6.07 Å². The van der Waals surface area contributed by atoms with Crippen molar-refractivity contribution in [3.63, 3.8) is 0 Å². The lowest BCUT2D eigenvalue weighted by Crippen LogP contribution is -2.30. The maximum absolute atomic E-state index is 12.1. The van der Waals surface area contributed by atoms with E-state index in [4.69, 9.17) is 14.4 Å². The summed E-state index contributed by atoms with van der Waals surface area (Å²) in [4.78, 5) is 16.8. The second-order valence-electron chi connectivity index (χ2n) is 5.24. The Labute approximate surface area is 159 Å². The van der Waals surface area contributed by atoms with E-state index in [1.165, 1.54) is 41.9 Å². The first kappa shape index (κ1) is 18.8. The summed E-state index contributed by atoms with van der Waals surface area (Å²) >= 11 is 1.47. The molecule has 0 saturated carbocycles. The number of aromatic nitrogens is 1. The van der Waals surface area contributed by atoms with Crippen molar-refractivity contribution >= 4 is 27.3 Å². The molecule has 27 heavy (non-hydrogen) atoms. The highest BCUT2D eigenvalue weighted by Gasteiger charge is 2.16. The maximum Gasteiger partial charge on any atom is 0.321 e. The molecule has 0 saturated heterocycles. The lowest BCUT2D eigenvalue weighted by Gasteiger charge is -2.06. The van der Waals surface area contributed by atoms with Gasteiger partial charge in [0.25, 0.3) is 0 Å². The fourth-order valence-electron chi connectivity index (χ4n) is 2.04. The van der Waals surface area contributed by atoms with Crippen LogP contribution in [-0.4, -0.2) is 25.9 Å². The number of oxazole rings is 1. The van der Waals surface area contributed by atoms with Crippen LogP contribution in [0.2, 0.25) is 0 Å². The van der Waals surface area contributed by atoms with E-state index in [0.29, 0.717) is 17.1 Å². The van der Waals surface area contributed by atoms with Crippen LogP contribution in [0.1, 0.15) is 11.3 Å². The van der Waals surface area contributed by atoms with E-state index in [1.54, 1.807) is 0 Å². The zero-order valence-electron chi connectivity index (χ0n) is 13.8. The number of sulfonamides is 1. The third kappa shape index (κ3) is 4.79. The molecule has 0 amide bonds. The number of esters is 1. The van der Waals surface area contributed by atoms with Gasteiger partial charge in [-0.3, -0.25) is 4.79 Å². The number of carbonyl (C=O) groups excluding carboxylic acids is 1. The smallest absolute Gasteiger partial charge is 0.321 e. The molecule has 0 spiro atoms. The molecule has 0 aliphatic carbocycles. The van der Waals surface area contributed by atoms with Gasteiger partial charge in [0, 0.05) is 0 Å². The minimum atomic E-state index is -3.88. The molecule has 138 valence electrons. The summed E-state index contributed by atoms with van der Waals surface area (Å²) < 4.78 is 36.7. The SMILES string of the molecule is N#Cc1ccc(S(=O)(=O)NCC(=O)OCc2coc(-c3cccs3)n2)cc1. The number of hydrogen-bond acceptors (Lipinski definition) is 8. The molecule has 0 unspecified atom stereocenters. The van der Waals surface area contributed by atoms with Gasteiger partial charge in [0.1, 0.15) is 25.1 Å². The zero-order valence-corrected chi connectivity index (χ0v) is 15.4. The summed E-state index contributed by atoms with van der Waals surface area (Å²) in [5.74, 6) is -0.328. The first-order valence-electron chi connectivity index (χ1n) is 7.62. The normalized spacial score (nSPS) is 11.1. The van der Waals surface area contributed by atoms with Crippen LogP contribution in [0.15, 0.2) is 57.4 Å². The van der Waals surface area contributed by atoms with Crippen molar-refractivity contribution in [1.29, 1.82) is 5.26 Å². The molecule has 10 heteroatoms. The van der Waals surface area contributed by atoms with Crippen molar-refractivity contribution in [2.45, 2.75) is 11.5 Å². The highest BCUT2D eigenvalue weighted by Crippen LogP contribution is 2.23. The van der Waals surface area contributed by atoms with Crippen LogP contribution in [0.3, 0.4) is 0 Å². The lowest BCUT2D eigenvalue weighted by atomic mass is 10.2. The second kappa shape index (κ2) is 8.13. The molecule has 0 bridgehead atoms. The number of rotatable bonds is 7. The first-order chi connectivity index (χ1) is 13.0. The molecular formula is C17H13N3O5S2. The number of nitrogens with zero attached hydrogens (tertiary/aromatic N) is 2. The molecule has 3 aromatic rings. The van der Waals surface area contributed by atoms with Crippen LogP contribution in [0, 0.1) is 11.3 Å². The Morgan fingerprint density at radius 3 is 2.74 bits per heavy atom. The van der Waals surface area contributed by atoms with Gasteiger partial charge in [0.15, 0.2) is 0 Å². The first-order valence-corrected chi connectivity index (χ1v) is 9.98. The molecule has 0 atom stereocenters. The van der Waals surface area contributed by atoms with Gasteiger partial charge in [-0.25, -0.2) is 13.4 Å². The van der Waals surface area contributed by atoms with E-state index in [1.807, 2.05) is 23.6 Å². The predicted molar refractivity (Wildman–Crippen MR) is 96.0 cm³/mol.